The van der Waals surface area contributed by atoms with E-state index in [0.717, 1.165) is 30.9 Å². The average Bonchev–Trinajstić information content (AvgIpc) is 2.75. The first-order valence-electron chi connectivity index (χ1n) is 12.0. The maximum absolute atomic E-state index is 13.9. The standard InChI is InChI=1S/C27H33F5/c1-2-3-6-19-9-11-20(12-10-19)7-4-5-8-21-13-15-22(16-14-21)23-17-24(28)26(25(29)18-23)27(30,31)32/h4,7,17-22H,2-3,6,9-16H2,1H3. The van der Waals surface area contributed by atoms with E-state index < -0.39 is 23.4 Å². The van der Waals surface area contributed by atoms with Gasteiger partial charge in [0.2, 0.25) is 0 Å². The van der Waals surface area contributed by atoms with Crippen molar-refractivity contribution < 1.29 is 22.0 Å². The van der Waals surface area contributed by atoms with E-state index in [0.29, 0.717) is 24.3 Å². The predicted molar refractivity (Wildman–Crippen MR) is 118 cm³/mol. The summed E-state index contributed by atoms with van der Waals surface area (Å²) >= 11 is 0. The van der Waals surface area contributed by atoms with Crippen molar-refractivity contribution in [2.45, 2.75) is 89.6 Å². The molecule has 2 fully saturated rings. The van der Waals surface area contributed by atoms with Crippen molar-refractivity contribution in [2.75, 3.05) is 0 Å². The lowest BCUT2D eigenvalue weighted by Crippen LogP contribution is -2.15. The monoisotopic (exact) mass is 452 g/mol. The summed E-state index contributed by atoms with van der Waals surface area (Å²) in [6, 6.07) is 1.70. The normalized spacial score (nSPS) is 26.7. The molecule has 0 spiro atoms. The lowest BCUT2D eigenvalue weighted by molar-refractivity contribution is -0.142. The van der Waals surface area contributed by atoms with Gasteiger partial charge in [0.15, 0.2) is 0 Å². The highest BCUT2D eigenvalue weighted by Gasteiger charge is 2.38. The molecule has 0 nitrogen and oxygen atoms in total. The van der Waals surface area contributed by atoms with Crippen LogP contribution >= 0.6 is 0 Å². The molecule has 0 heterocycles. The highest BCUT2D eigenvalue weighted by Crippen LogP contribution is 2.39. The number of halogens is 5. The van der Waals surface area contributed by atoms with Gasteiger partial charge < -0.3 is 0 Å². The van der Waals surface area contributed by atoms with Gasteiger partial charge in [-0.1, -0.05) is 44.1 Å². The molecule has 1 aromatic rings. The first-order chi connectivity index (χ1) is 15.3. The van der Waals surface area contributed by atoms with Crippen LogP contribution in [-0.4, -0.2) is 0 Å². The number of allylic oxidation sites excluding steroid dienone is 2. The topological polar surface area (TPSA) is 0 Å². The molecule has 32 heavy (non-hydrogen) atoms. The quantitative estimate of drug-likeness (QED) is 0.309. The molecule has 0 atom stereocenters. The molecule has 1 aromatic carbocycles. The molecule has 0 amide bonds. The van der Waals surface area contributed by atoms with Crippen molar-refractivity contribution in [1.82, 2.24) is 0 Å². The van der Waals surface area contributed by atoms with Crippen molar-refractivity contribution in [2.24, 2.45) is 17.8 Å². The third-order valence-corrected chi connectivity index (χ3v) is 7.14. The van der Waals surface area contributed by atoms with Crippen LogP contribution in [0.4, 0.5) is 22.0 Å². The minimum atomic E-state index is -5.03. The fourth-order valence-electron chi connectivity index (χ4n) is 5.18. The minimum absolute atomic E-state index is 0.127. The number of hydrogen-bond acceptors (Lipinski definition) is 0. The first kappa shape index (κ1) is 24.8. The third kappa shape index (κ3) is 6.83. The molecule has 0 N–H and O–H groups in total. The Bertz CT molecular complexity index is 803. The summed E-state index contributed by atoms with van der Waals surface area (Å²) < 4.78 is 66.1. The highest BCUT2D eigenvalue weighted by atomic mass is 19.4. The molecule has 2 aliphatic carbocycles. The second kappa shape index (κ2) is 11.3. The van der Waals surface area contributed by atoms with E-state index in [4.69, 9.17) is 0 Å². The molecule has 0 aliphatic heterocycles. The Balaban J connectivity index is 1.46. The summed E-state index contributed by atoms with van der Waals surface area (Å²) in [5.41, 5.74) is -1.49. The third-order valence-electron chi connectivity index (χ3n) is 7.14. The molecule has 0 radical (unpaired) electrons. The van der Waals surface area contributed by atoms with Crippen molar-refractivity contribution in [3.05, 3.63) is 47.0 Å². The Morgan fingerprint density at radius 3 is 2.12 bits per heavy atom. The summed E-state index contributed by atoms with van der Waals surface area (Å²) in [5.74, 6) is 5.02. The predicted octanol–water partition coefficient (Wildman–Crippen LogP) is 8.81. The Kier molecular flexibility index (Phi) is 8.79. The first-order valence-corrected chi connectivity index (χ1v) is 12.0. The molecule has 0 bridgehead atoms. The second-order valence-electron chi connectivity index (χ2n) is 9.48. The van der Waals surface area contributed by atoms with E-state index in [-0.39, 0.29) is 11.8 Å². The van der Waals surface area contributed by atoms with Gasteiger partial charge in [0.1, 0.15) is 17.2 Å². The summed E-state index contributed by atoms with van der Waals surface area (Å²) in [7, 11) is 0. The number of hydrogen-bond donors (Lipinski definition) is 0. The van der Waals surface area contributed by atoms with Crippen LogP contribution in [0.5, 0.6) is 0 Å². The van der Waals surface area contributed by atoms with Crippen LogP contribution in [0.15, 0.2) is 24.3 Å². The molecular weight excluding hydrogens is 419 g/mol. The Hall–Kier alpha value is -1.83. The molecule has 2 saturated carbocycles. The number of unbranched alkanes of at least 4 members (excludes halogenated alkanes) is 1. The van der Waals surface area contributed by atoms with Crippen LogP contribution in [0, 0.1) is 41.2 Å². The van der Waals surface area contributed by atoms with Gasteiger partial charge in [-0.3, -0.25) is 0 Å². The van der Waals surface area contributed by atoms with Crippen LogP contribution in [0.3, 0.4) is 0 Å². The van der Waals surface area contributed by atoms with Gasteiger partial charge in [-0.2, -0.15) is 13.2 Å². The molecule has 0 unspecified atom stereocenters. The van der Waals surface area contributed by atoms with E-state index in [1.165, 1.54) is 44.9 Å². The second-order valence-corrected chi connectivity index (χ2v) is 9.48. The van der Waals surface area contributed by atoms with Crippen LogP contribution in [0.25, 0.3) is 0 Å². The number of benzene rings is 1. The molecule has 176 valence electrons. The van der Waals surface area contributed by atoms with Crippen LogP contribution in [-0.2, 0) is 6.18 Å². The molecule has 0 saturated heterocycles. The van der Waals surface area contributed by atoms with E-state index in [2.05, 4.69) is 24.8 Å². The van der Waals surface area contributed by atoms with Crippen molar-refractivity contribution in [1.29, 1.82) is 0 Å². The Morgan fingerprint density at radius 2 is 1.56 bits per heavy atom. The van der Waals surface area contributed by atoms with Gasteiger partial charge in [-0.25, -0.2) is 8.78 Å². The summed E-state index contributed by atoms with van der Waals surface area (Å²) in [5, 5.41) is 0. The van der Waals surface area contributed by atoms with Crippen LogP contribution < -0.4 is 0 Å². The zero-order valence-electron chi connectivity index (χ0n) is 18.8. The number of alkyl halides is 3. The lowest BCUT2D eigenvalue weighted by atomic mass is 9.78. The van der Waals surface area contributed by atoms with Crippen molar-refractivity contribution >= 4 is 0 Å². The van der Waals surface area contributed by atoms with E-state index in [9.17, 15) is 22.0 Å². The molecule has 3 rings (SSSR count). The van der Waals surface area contributed by atoms with E-state index in [1.54, 1.807) is 0 Å². The van der Waals surface area contributed by atoms with Crippen LogP contribution in [0.2, 0.25) is 0 Å². The van der Waals surface area contributed by atoms with Crippen molar-refractivity contribution in [3.63, 3.8) is 0 Å². The van der Waals surface area contributed by atoms with Gasteiger partial charge in [0.05, 0.1) is 0 Å². The Morgan fingerprint density at radius 1 is 0.938 bits per heavy atom. The Labute approximate surface area is 188 Å². The zero-order valence-corrected chi connectivity index (χ0v) is 18.8. The van der Waals surface area contributed by atoms with Gasteiger partial charge >= 0.3 is 6.18 Å². The fourth-order valence-corrected chi connectivity index (χ4v) is 5.18. The minimum Gasteiger partial charge on any atom is -0.206 e. The average molecular weight is 453 g/mol. The SMILES string of the molecule is CCCCC1CCC(C=CC#CC2CCC(c3cc(F)c(C(F)(F)F)c(F)c3)CC2)CC1. The maximum Gasteiger partial charge on any atom is 0.422 e. The van der Waals surface area contributed by atoms with E-state index in [1.807, 2.05) is 6.08 Å². The summed E-state index contributed by atoms with van der Waals surface area (Å²) in [4.78, 5) is 0. The fraction of sp³-hybridized carbons (Fsp3) is 0.630. The molecule has 2 aliphatic rings. The molecule has 5 heteroatoms. The summed E-state index contributed by atoms with van der Waals surface area (Å²) in [6.07, 6.45) is 11.2. The molecular formula is C27H33F5. The van der Waals surface area contributed by atoms with E-state index >= 15 is 0 Å². The zero-order chi connectivity index (χ0) is 23.1. The van der Waals surface area contributed by atoms with Gasteiger partial charge in [-0.15, -0.1) is 0 Å². The van der Waals surface area contributed by atoms with Gasteiger partial charge in [0, 0.05) is 5.92 Å². The van der Waals surface area contributed by atoms with Gasteiger partial charge in [0.25, 0.3) is 0 Å². The summed E-state index contributed by atoms with van der Waals surface area (Å²) in [6.45, 7) is 2.24. The van der Waals surface area contributed by atoms with Crippen molar-refractivity contribution in [3.8, 4) is 11.8 Å². The lowest BCUT2D eigenvalue weighted by Gasteiger charge is -2.26. The largest absolute Gasteiger partial charge is 0.422 e. The smallest absolute Gasteiger partial charge is 0.206 e. The maximum atomic E-state index is 13.9. The van der Waals surface area contributed by atoms with Gasteiger partial charge in [-0.05, 0) is 92.9 Å². The highest BCUT2D eigenvalue weighted by molar-refractivity contribution is 5.31. The number of rotatable bonds is 5. The molecule has 0 aromatic heterocycles. The van der Waals surface area contributed by atoms with Crippen LogP contribution in [0.1, 0.15) is 94.6 Å².